The van der Waals surface area contributed by atoms with E-state index in [1.165, 1.54) is 0 Å². The lowest BCUT2D eigenvalue weighted by Gasteiger charge is -2.10. The first kappa shape index (κ1) is 14.0. The predicted octanol–water partition coefficient (Wildman–Crippen LogP) is 3.72. The number of carbonyl (C=O) groups excluding carboxylic acids is 1. The molecule has 98 valence electrons. The van der Waals surface area contributed by atoms with Gasteiger partial charge in [-0.3, -0.25) is 9.00 Å². The van der Waals surface area contributed by atoms with Crippen LogP contribution in [0.3, 0.4) is 0 Å². The highest BCUT2D eigenvalue weighted by atomic mass is 35.5. The normalized spacial score (nSPS) is 13.8. The first-order chi connectivity index (χ1) is 9.09. The van der Waals surface area contributed by atoms with Crippen molar-refractivity contribution in [3.63, 3.8) is 0 Å². The summed E-state index contributed by atoms with van der Waals surface area (Å²) < 4.78 is 12.3. The molecule has 0 aliphatic carbocycles. The van der Waals surface area contributed by atoms with Gasteiger partial charge < -0.3 is 0 Å². The van der Waals surface area contributed by atoms with Crippen LogP contribution >= 0.6 is 11.6 Å². The van der Waals surface area contributed by atoms with Gasteiger partial charge in [-0.1, -0.05) is 29.8 Å². The second-order valence-electron chi connectivity index (χ2n) is 4.12. The van der Waals surface area contributed by atoms with Gasteiger partial charge in [-0.2, -0.15) is 0 Å². The van der Waals surface area contributed by atoms with Crippen molar-refractivity contribution in [2.45, 2.75) is 17.1 Å². The number of hydrogen-bond donors (Lipinski definition) is 0. The van der Waals surface area contributed by atoms with E-state index in [0.717, 1.165) is 0 Å². The van der Waals surface area contributed by atoms with Gasteiger partial charge in [0.05, 0.1) is 16.0 Å². The van der Waals surface area contributed by atoms with Crippen LogP contribution in [-0.4, -0.2) is 15.2 Å². The predicted molar refractivity (Wildman–Crippen MR) is 78.1 cm³/mol. The third-order valence-electron chi connectivity index (χ3n) is 2.79. The third-order valence-corrected chi connectivity index (χ3v) is 4.64. The Morgan fingerprint density at radius 1 is 1.05 bits per heavy atom. The fourth-order valence-electron chi connectivity index (χ4n) is 1.70. The molecule has 0 saturated carbocycles. The van der Waals surface area contributed by atoms with Crippen LogP contribution in [0, 0.1) is 0 Å². The van der Waals surface area contributed by atoms with Crippen LogP contribution < -0.4 is 0 Å². The van der Waals surface area contributed by atoms with Crippen molar-refractivity contribution < 1.29 is 9.00 Å². The minimum Gasteiger partial charge on any atom is -0.293 e. The summed E-state index contributed by atoms with van der Waals surface area (Å²) in [5.74, 6) is -0.140. The van der Waals surface area contributed by atoms with E-state index in [0.29, 0.717) is 15.5 Å². The molecule has 0 saturated heterocycles. The molecule has 0 heterocycles. The molecule has 2 aromatic rings. The maximum absolute atomic E-state index is 12.3. The van der Waals surface area contributed by atoms with Crippen LogP contribution in [0.1, 0.15) is 17.3 Å². The highest BCUT2D eigenvalue weighted by molar-refractivity contribution is 7.86. The third kappa shape index (κ3) is 3.31. The van der Waals surface area contributed by atoms with Crippen molar-refractivity contribution in [3.05, 3.63) is 65.2 Å². The Balaban J connectivity index is 2.20. The molecule has 0 aromatic heterocycles. The maximum atomic E-state index is 12.3. The zero-order valence-electron chi connectivity index (χ0n) is 10.4. The molecule has 2 atom stereocenters. The van der Waals surface area contributed by atoms with E-state index in [1.54, 1.807) is 43.3 Å². The first-order valence-corrected chi connectivity index (χ1v) is 7.44. The van der Waals surface area contributed by atoms with E-state index in [9.17, 15) is 9.00 Å². The Kier molecular flexibility index (Phi) is 4.51. The number of carbonyl (C=O) groups is 1. The number of benzene rings is 2. The lowest BCUT2D eigenvalue weighted by Crippen LogP contribution is -2.22. The summed E-state index contributed by atoms with van der Waals surface area (Å²) in [7, 11) is -1.35. The molecule has 0 spiro atoms. The zero-order chi connectivity index (χ0) is 13.8. The molecular formula is C15H13ClO2S. The molecule has 0 N–H and O–H groups in total. The van der Waals surface area contributed by atoms with Gasteiger partial charge in [0.25, 0.3) is 0 Å². The molecule has 0 aliphatic rings. The summed E-state index contributed by atoms with van der Waals surface area (Å²) in [5.41, 5.74) is 0.529. The van der Waals surface area contributed by atoms with E-state index in [1.807, 2.05) is 18.2 Å². The van der Waals surface area contributed by atoms with Crippen molar-refractivity contribution in [1.29, 1.82) is 0 Å². The Morgan fingerprint density at radius 3 is 2.21 bits per heavy atom. The lowest BCUT2D eigenvalue weighted by atomic mass is 10.1. The number of Topliss-reactive ketones (excluding diaryl/α,β-unsaturated/α-hetero) is 1. The fraction of sp³-hybridized carbons (Fsp3) is 0.133. The van der Waals surface area contributed by atoms with Gasteiger partial charge in [0.1, 0.15) is 0 Å². The van der Waals surface area contributed by atoms with Gasteiger partial charge in [-0.15, -0.1) is 0 Å². The highest BCUT2D eigenvalue weighted by Gasteiger charge is 2.22. The van der Waals surface area contributed by atoms with Crippen LogP contribution in [0.2, 0.25) is 5.02 Å². The van der Waals surface area contributed by atoms with Crippen LogP contribution in [0.4, 0.5) is 0 Å². The molecule has 2 rings (SSSR count). The number of halogens is 1. The Hall–Kier alpha value is -1.45. The second kappa shape index (κ2) is 6.13. The van der Waals surface area contributed by atoms with Gasteiger partial charge in [-0.25, -0.2) is 0 Å². The van der Waals surface area contributed by atoms with Crippen LogP contribution in [0.5, 0.6) is 0 Å². The van der Waals surface area contributed by atoms with Gasteiger partial charge in [-0.05, 0) is 43.3 Å². The van der Waals surface area contributed by atoms with Gasteiger partial charge in [0.15, 0.2) is 5.78 Å². The summed E-state index contributed by atoms with van der Waals surface area (Å²) in [6, 6.07) is 15.6. The van der Waals surface area contributed by atoms with E-state index in [4.69, 9.17) is 11.6 Å². The standard InChI is InChI=1S/C15H13ClO2S/c1-11(19(18)14-5-3-2-4-6-14)15(17)12-7-9-13(16)10-8-12/h2-11H,1H3. The molecule has 0 bridgehead atoms. The molecule has 2 unspecified atom stereocenters. The van der Waals surface area contributed by atoms with Crippen molar-refractivity contribution >= 4 is 28.2 Å². The molecule has 0 fully saturated rings. The highest BCUT2D eigenvalue weighted by Crippen LogP contribution is 2.17. The Morgan fingerprint density at radius 2 is 1.63 bits per heavy atom. The molecule has 0 aliphatic heterocycles. The quantitative estimate of drug-likeness (QED) is 0.805. The van der Waals surface area contributed by atoms with Gasteiger partial charge in [0, 0.05) is 15.5 Å². The van der Waals surface area contributed by atoms with E-state index in [2.05, 4.69) is 0 Å². The van der Waals surface area contributed by atoms with Crippen LogP contribution in [-0.2, 0) is 10.8 Å². The maximum Gasteiger partial charge on any atom is 0.178 e. The van der Waals surface area contributed by atoms with Crippen LogP contribution in [0.25, 0.3) is 0 Å². The Labute approximate surface area is 119 Å². The average Bonchev–Trinajstić information content (AvgIpc) is 2.46. The molecule has 19 heavy (non-hydrogen) atoms. The first-order valence-electron chi connectivity index (χ1n) is 5.85. The van der Waals surface area contributed by atoms with E-state index >= 15 is 0 Å². The SMILES string of the molecule is CC(C(=O)c1ccc(Cl)cc1)S(=O)c1ccccc1. The summed E-state index contributed by atoms with van der Waals surface area (Å²) in [6.07, 6.45) is 0. The Bertz CT molecular complexity index is 593. The van der Waals surface area contributed by atoms with Gasteiger partial charge in [0.2, 0.25) is 0 Å². The molecule has 0 amide bonds. The minimum absolute atomic E-state index is 0.140. The summed E-state index contributed by atoms with van der Waals surface area (Å²) in [4.78, 5) is 12.9. The van der Waals surface area contributed by atoms with Crippen molar-refractivity contribution in [2.75, 3.05) is 0 Å². The molecule has 2 aromatic carbocycles. The van der Waals surface area contributed by atoms with Gasteiger partial charge >= 0.3 is 0 Å². The largest absolute Gasteiger partial charge is 0.293 e. The monoisotopic (exact) mass is 292 g/mol. The van der Waals surface area contributed by atoms with Crippen LogP contribution in [0.15, 0.2) is 59.5 Å². The average molecular weight is 293 g/mol. The summed E-state index contributed by atoms with van der Waals surface area (Å²) in [6.45, 7) is 1.68. The molecule has 0 radical (unpaired) electrons. The number of rotatable bonds is 4. The molecule has 4 heteroatoms. The number of hydrogen-bond acceptors (Lipinski definition) is 2. The second-order valence-corrected chi connectivity index (χ2v) is 6.33. The van der Waals surface area contributed by atoms with E-state index in [-0.39, 0.29) is 5.78 Å². The van der Waals surface area contributed by atoms with Crippen molar-refractivity contribution in [1.82, 2.24) is 0 Å². The minimum atomic E-state index is -1.35. The zero-order valence-corrected chi connectivity index (χ0v) is 11.9. The topological polar surface area (TPSA) is 34.1 Å². The fourth-order valence-corrected chi connectivity index (χ4v) is 2.99. The van der Waals surface area contributed by atoms with Crippen molar-refractivity contribution in [3.8, 4) is 0 Å². The van der Waals surface area contributed by atoms with Crippen molar-refractivity contribution in [2.24, 2.45) is 0 Å². The molecular weight excluding hydrogens is 280 g/mol. The number of ketones is 1. The smallest absolute Gasteiger partial charge is 0.178 e. The summed E-state index contributed by atoms with van der Waals surface area (Å²) in [5, 5.41) is -0.00281. The lowest BCUT2D eigenvalue weighted by molar-refractivity contribution is 0.0992. The summed E-state index contributed by atoms with van der Waals surface area (Å²) >= 11 is 5.78. The molecule has 2 nitrogen and oxygen atoms in total. The van der Waals surface area contributed by atoms with E-state index < -0.39 is 16.0 Å².